The first kappa shape index (κ1) is 22.5. The summed E-state index contributed by atoms with van der Waals surface area (Å²) in [5.74, 6) is -0.388. The highest BCUT2D eigenvalue weighted by molar-refractivity contribution is 7.99. The Morgan fingerprint density at radius 2 is 1.96 bits per heavy atom. The van der Waals surface area contributed by atoms with Crippen molar-refractivity contribution >= 4 is 24.2 Å². The van der Waals surface area contributed by atoms with Crippen molar-refractivity contribution in [1.82, 2.24) is 15.0 Å². The quantitative estimate of drug-likeness (QED) is 0.261. The maximum Gasteiger partial charge on any atom is 0.316 e. The highest BCUT2D eigenvalue weighted by atomic mass is 32.2. The second-order valence-electron chi connectivity index (χ2n) is 4.70. The fraction of sp³-hybridized carbons (Fsp3) is 0.389. The minimum absolute atomic E-state index is 0.00142. The van der Waals surface area contributed by atoms with Crippen molar-refractivity contribution in [3.63, 3.8) is 0 Å². The molecule has 0 aliphatic carbocycles. The summed E-state index contributed by atoms with van der Waals surface area (Å²) < 4.78 is 14.7. The lowest BCUT2D eigenvalue weighted by atomic mass is 10.3. The van der Waals surface area contributed by atoms with E-state index in [1.807, 2.05) is 32.0 Å². The van der Waals surface area contributed by atoms with Gasteiger partial charge < -0.3 is 14.2 Å². The molecule has 0 spiro atoms. The molecular formula is C18H23N3O5S. The van der Waals surface area contributed by atoms with Crippen LogP contribution in [0.5, 0.6) is 0 Å². The standard InChI is InChI=1S/C16H17N3O5S.C2H6/c1-22-12(8-23-11-20)9-24-15(21)10-25-16-18-7-5-14(19-16)13-4-2-3-6-17-13;1-2/h2-7,11-12H,8-10H2,1H3;1-2H3. The number of nitrogens with zero attached hydrogens (tertiary/aromatic N) is 3. The molecule has 2 aromatic rings. The molecule has 1 unspecified atom stereocenters. The predicted molar refractivity (Wildman–Crippen MR) is 101 cm³/mol. The minimum atomic E-state index is -0.497. The minimum Gasteiger partial charge on any atom is -0.465 e. The summed E-state index contributed by atoms with van der Waals surface area (Å²) in [7, 11) is 1.44. The SMILES string of the molecule is CC.COC(COC=O)COC(=O)CSc1nccc(-c2ccccn2)n1. The zero-order chi connectivity index (χ0) is 19.9. The number of esters is 1. The number of carbonyl (C=O) groups is 2. The van der Waals surface area contributed by atoms with Crippen LogP contribution < -0.4 is 0 Å². The fourth-order valence-corrected chi connectivity index (χ4v) is 2.38. The van der Waals surface area contributed by atoms with Gasteiger partial charge in [-0.1, -0.05) is 31.7 Å². The highest BCUT2D eigenvalue weighted by Crippen LogP contribution is 2.18. The van der Waals surface area contributed by atoms with Gasteiger partial charge in [-0.25, -0.2) is 9.97 Å². The van der Waals surface area contributed by atoms with Crippen LogP contribution in [0.4, 0.5) is 0 Å². The van der Waals surface area contributed by atoms with E-state index in [9.17, 15) is 9.59 Å². The van der Waals surface area contributed by atoms with Gasteiger partial charge in [0.25, 0.3) is 6.47 Å². The Hall–Kier alpha value is -2.52. The van der Waals surface area contributed by atoms with Crippen LogP contribution in [0.15, 0.2) is 41.8 Å². The van der Waals surface area contributed by atoms with Crippen LogP contribution in [0.25, 0.3) is 11.4 Å². The highest BCUT2D eigenvalue weighted by Gasteiger charge is 2.13. The number of thioether (sulfide) groups is 1. The van der Waals surface area contributed by atoms with Crippen LogP contribution in [-0.2, 0) is 23.8 Å². The van der Waals surface area contributed by atoms with E-state index in [1.54, 1.807) is 18.5 Å². The van der Waals surface area contributed by atoms with E-state index in [0.29, 0.717) is 17.3 Å². The van der Waals surface area contributed by atoms with Crippen molar-refractivity contribution in [2.75, 3.05) is 26.1 Å². The van der Waals surface area contributed by atoms with Crippen molar-refractivity contribution < 1.29 is 23.8 Å². The van der Waals surface area contributed by atoms with E-state index >= 15 is 0 Å². The third kappa shape index (κ3) is 8.61. The molecule has 0 radical (unpaired) electrons. The number of hydrogen-bond acceptors (Lipinski definition) is 9. The molecule has 2 heterocycles. The van der Waals surface area contributed by atoms with Gasteiger partial charge in [0.1, 0.15) is 19.3 Å². The maximum atomic E-state index is 11.8. The largest absolute Gasteiger partial charge is 0.465 e. The van der Waals surface area contributed by atoms with Crippen LogP contribution in [0, 0.1) is 0 Å². The molecule has 0 aliphatic heterocycles. The lowest BCUT2D eigenvalue weighted by Crippen LogP contribution is -2.26. The molecule has 2 rings (SSSR count). The summed E-state index contributed by atoms with van der Waals surface area (Å²) >= 11 is 1.16. The van der Waals surface area contributed by atoms with Gasteiger partial charge in [-0.2, -0.15) is 0 Å². The Morgan fingerprint density at radius 3 is 2.63 bits per heavy atom. The first-order valence-electron chi connectivity index (χ1n) is 8.34. The van der Waals surface area contributed by atoms with Gasteiger partial charge in [0.2, 0.25) is 0 Å². The Labute approximate surface area is 162 Å². The monoisotopic (exact) mass is 393 g/mol. The second-order valence-corrected chi connectivity index (χ2v) is 5.64. The Balaban J connectivity index is 0.00000176. The first-order chi connectivity index (χ1) is 13.2. The number of ether oxygens (including phenoxy) is 3. The van der Waals surface area contributed by atoms with Crippen LogP contribution in [-0.4, -0.2) is 59.6 Å². The molecule has 0 saturated heterocycles. The molecule has 0 saturated carbocycles. The summed E-state index contributed by atoms with van der Waals surface area (Å²) in [5, 5.41) is 0.452. The third-order valence-corrected chi connectivity index (χ3v) is 3.83. The van der Waals surface area contributed by atoms with E-state index in [2.05, 4.69) is 19.7 Å². The maximum absolute atomic E-state index is 11.8. The van der Waals surface area contributed by atoms with Crippen molar-refractivity contribution in [2.24, 2.45) is 0 Å². The van der Waals surface area contributed by atoms with Crippen LogP contribution in [0.2, 0.25) is 0 Å². The summed E-state index contributed by atoms with van der Waals surface area (Å²) in [4.78, 5) is 34.6. The van der Waals surface area contributed by atoms with Gasteiger partial charge in [0.15, 0.2) is 5.16 Å². The van der Waals surface area contributed by atoms with Gasteiger partial charge in [0.05, 0.1) is 17.1 Å². The molecule has 8 nitrogen and oxygen atoms in total. The third-order valence-electron chi connectivity index (χ3n) is 2.99. The van der Waals surface area contributed by atoms with E-state index in [-0.39, 0.29) is 19.0 Å². The number of methoxy groups -OCH3 is 1. The van der Waals surface area contributed by atoms with E-state index < -0.39 is 12.1 Å². The van der Waals surface area contributed by atoms with Crippen LogP contribution in [0.1, 0.15) is 13.8 Å². The average Bonchev–Trinajstić information content (AvgIpc) is 2.74. The number of carbonyl (C=O) groups excluding carboxylic acids is 2. The molecule has 2 aromatic heterocycles. The number of pyridine rings is 1. The van der Waals surface area contributed by atoms with E-state index in [1.165, 1.54) is 7.11 Å². The summed E-state index contributed by atoms with van der Waals surface area (Å²) in [6, 6.07) is 7.29. The summed E-state index contributed by atoms with van der Waals surface area (Å²) in [6.07, 6.45) is 2.80. The number of aromatic nitrogens is 3. The van der Waals surface area contributed by atoms with Crippen molar-refractivity contribution in [1.29, 1.82) is 0 Å². The molecule has 0 bridgehead atoms. The molecule has 0 aliphatic rings. The Morgan fingerprint density at radius 1 is 1.15 bits per heavy atom. The van der Waals surface area contributed by atoms with Crippen LogP contribution >= 0.6 is 11.8 Å². The molecule has 146 valence electrons. The number of hydrogen-bond donors (Lipinski definition) is 0. The van der Waals surface area contributed by atoms with Crippen molar-refractivity contribution in [2.45, 2.75) is 25.1 Å². The van der Waals surface area contributed by atoms with Gasteiger partial charge in [-0.3, -0.25) is 14.6 Å². The molecule has 1 atom stereocenters. The van der Waals surface area contributed by atoms with Crippen molar-refractivity contribution in [3.8, 4) is 11.4 Å². The van der Waals surface area contributed by atoms with Gasteiger partial charge in [-0.15, -0.1) is 0 Å². The van der Waals surface area contributed by atoms with Crippen molar-refractivity contribution in [3.05, 3.63) is 36.7 Å². The van der Waals surface area contributed by atoms with Gasteiger partial charge in [-0.05, 0) is 18.2 Å². The normalized spacial score (nSPS) is 10.9. The van der Waals surface area contributed by atoms with Gasteiger partial charge >= 0.3 is 5.97 Å². The van der Waals surface area contributed by atoms with Crippen LogP contribution in [0.3, 0.4) is 0 Å². The van der Waals surface area contributed by atoms with Gasteiger partial charge in [0, 0.05) is 19.5 Å². The molecule has 0 aromatic carbocycles. The Kier molecular flexibility index (Phi) is 11.4. The molecule has 27 heavy (non-hydrogen) atoms. The second kappa shape index (κ2) is 13.7. The molecular weight excluding hydrogens is 370 g/mol. The lowest BCUT2D eigenvalue weighted by Gasteiger charge is -2.13. The summed E-state index contributed by atoms with van der Waals surface area (Å²) in [6.45, 7) is 4.34. The zero-order valence-electron chi connectivity index (χ0n) is 15.5. The smallest absolute Gasteiger partial charge is 0.316 e. The van der Waals surface area contributed by atoms with E-state index in [4.69, 9.17) is 9.47 Å². The van der Waals surface area contributed by atoms with E-state index in [0.717, 1.165) is 17.5 Å². The molecule has 0 N–H and O–H groups in total. The molecule has 0 fully saturated rings. The molecule has 9 heteroatoms. The topological polar surface area (TPSA) is 100 Å². The average molecular weight is 393 g/mol. The fourth-order valence-electron chi connectivity index (χ4n) is 1.75. The lowest BCUT2D eigenvalue weighted by molar-refractivity contribution is -0.146. The zero-order valence-corrected chi connectivity index (χ0v) is 16.3. The number of rotatable bonds is 10. The summed E-state index contributed by atoms with van der Waals surface area (Å²) in [5.41, 5.74) is 1.41. The first-order valence-corrected chi connectivity index (χ1v) is 9.32. The predicted octanol–water partition coefficient (Wildman–Crippen LogP) is 2.39. The molecule has 0 amide bonds. The Bertz CT molecular complexity index is 688.